The highest BCUT2D eigenvalue weighted by Crippen LogP contribution is 2.01. The van der Waals surface area contributed by atoms with Gasteiger partial charge in [0.2, 0.25) is 5.95 Å². The zero-order valence-corrected chi connectivity index (χ0v) is 10.0. The molecular formula is C13H7FN4O2. The lowest BCUT2D eigenvalue weighted by molar-refractivity contribution is 0.0996. The van der Waals surface area contributed by atoms with E-state index in [0.717, 1.165) is 6.20 Å². The summed E-state index contributed by atoms with van der Waals surface area (Å²) in [4.78, 5) is 31.7. The Morgan fingerprint density at radius 2 is 2.10 bits per heavy atom. The van der Waals surface area contributed by atoms with Crippen molar-refractivity contribution in [2.45, 2.75) is 0 Å². The quantitative estimate of drug-likeness (QED) is 0.824. The lowest BCUT2D eigenvalue weighted by atomic mass is 10.2. The molecule has 20 heavy (non-hydrogen) atoms. The number of aromatic nitrogens is 2. The molecule has 1 aromatic carbocycles. The number of benzene rings is 1. The van der Waals surface area contributed by atoms with Crippen LogP contribution in [0.25, 0.3) is 0 Å². The summed E-state index contributed by atoms with van der Waals surface area (Å²) in [6.07, 6.45) is 1.96. The smallest absolute Gasteiger partial charge is 0.301 e. The largest absolute Gasteiger partial charge is 0.323 e. The number of hydrogen-bond acceptors (Lipinski definition) is 4. The molecule has 0 atom stereocenters. The summed E-state index contributed by atoms with van der Waals surface area (Å²) in [5, 5.41) is 8.63. The second kappa shape index (κ2) is 5.67. The van der Waals surface area contributed by atoms with Gasteiger partial charge in [0.1, 0.15) is 0 Å². The van der Waals surface area contributed by atoms with Gasteiger partial charge in [-0.3, -0.25) is 9.59 Å². The van der Waals surface area contributed by atoms with E-state index in [2.05, 4.69) is 9.98 Å². The van der Waals surface area contributed by atoms with E-state index in [0.29, 0.717) is 11.1 Å². The van der Waals surface area contributed by atoms with Gasteiger partial charge in [0.05, 0.1) is 17.8 Å². The molecule has 7 heteroatoms. The van der Waals surface area contributed by atoms with Crippen molar-refractivity contribution in [3.63, 3.8) is 0 Å². The van der Waals surface area contributed by atoms with Crippen LogP contribution in [-0.2, 0) is 0 Å². The van der Waals surface area contributed by atoms with Gasteiger partial charge < -0.3 is 4.98 Å². The van der Waals surface area contributed by atoms with Crippen LogP contribution in [0.4, 0.5) is 4.39 Å². The Morgan fingerprint density at radius 1 is 1.40 bits per heavy atom. The molecule has 1 amide bonds. The molecule has 0 aliphatic rings. The van der Waals surface area contributed by atoms with Crippen molar-refractivity contribution < 1.29 is 9.18 Å². The average Bonchev–Trinajstić information content (AvgIpc) is 2.47. The number of amides is 1. The van der Waals surface area contributed by atoms with E-state index in [-0.39, 0.29) is 0 Å². The number of H-pyrrole nitrogens is 1. The molecule has 0 radical (unpaired) electrons. The standard InChI is InChI=1S/C13H7FN4O2/c14-10-7-17-13(20)11(18-10)12(19)16-6-9-3-1-8(5-15)2-4-9/h1-4,6-7H,(H,17,20). The van der Waals surface area contributed by atoms with Gasteiger partial charge in [-0.25, -0.2) is 9.98 Å². The number of aromatic amines is 1. The molecule has 0 saturated carbocycles. The van der Waals surface area contributed by atoms with Gasteiger partial charge in [-0.05, 0) is 17.7 Å². The van der Waals surface area contributed by atoms with E-state index in [4.69, 9.17) is 5.26 Å². The molecule has 98 valence electrons. The normalized spacial score (nSPS) is 10.4. The highest BCUT2D eigenvalue weighted by molar-refractivity contribution is 6.00. The Labute approximate surface area is 112 Å². The lowest BCUT2D eigenvalue weighted by Gasteiger charge is -1.94. The van der Waals surface area contributed by atoms with E-state index >= 15 is 0 Å². The van der Waals surface area contributed by atoms with E-state index in [9.17, 15) is 14.0 Å². The van der Waals surface area contributed by atoms with Crippen molar-refractivity contribution in [3.8, 4) is 6.07 Å². The third-order valence-corrected chi connectivity index (χ3v) is 2.33. The highest BCUT2D eigenvalue weighted by Gasteiger charge is 2.11. The zero-order valence-electron chi connectivity index (χ0n) is 10.0. The first-order valence-corrected chi connectivity index (χ1v) is 5.44. The molecule has 1 N–H and O–H groups in total. The van der Waals surface area contributed by atoms with Crippen LogP contribution in [0.15, 0.2) is 40.2 Å². The van der Waals surface area contributed by atoms with Crippen molar-refractivity contribution in [1.29, 1.82) is 5.26 Å². The molecule has 0 aliphatic heterocycles. The summed E-state index contributed by atoms with van der Waals surface area (Å²) in [7, 11) is 0. The Kier molecular flexibility index (Phi) is 3.77. The molecule has 0 fully saturated rings. The Hall–Kier alpha value is -3.14. The molecule has 0 bridgehead atoms. The maximum Gasteiger partial charge on any atom is 0.301 e. The summed E-state index contributed by atoms with van der Waals surface area (Å²) >= 11 is 0. The van der Waals surface area contributed by atoms with Gasteiger partial charge in [0.25, 0.3) is 5.56 Å². The van der Waals surface area contributed by atoms with Gasteiger partial charge in [0.15, 0.2) is 5.69 Å². The van der Waals surface area contributed by atoms with Crippen LogP contribution in [0.1, 0.15) is 21.6 Å². The number of carbonyl (C=O) groups excluding carboxylic acids is 1. The molecule has 2 rings (SSSR count). The van der Waals surface area contributed by atoms with Crippen molar-refractivity contribution in [2.24, 2.45) is 4.99 Å². The maximum absolute atomic E-state index is 12.8. The predicted molar refractivity (Wildman–Crippen MR) is 67.9 cm³/mol. The topological polar surface area (TPSA) is 99.0 Å². The average molecular weight is 270 g/mol. The Morgan fingerprint density at radius 3 is 2.75 bits per heavy atom. The number of hydrogen-bond donors (Lipinski definition) is 1. The number of nitriles is 1. The van der Waals surface area contributed by atoms with Crippen molar-refractivity contribution in [3.05, 3.63) is 63.6 Å². The zero-order chi connectivity index (χ0) is 14.5. The Balaban J connectivity index is 2.22. The number of carbonyl (C=O) groups is 1. The van der Waals surface area contributed by atoms with Crippen LogP contribution in [0, 0.1) is 17.3 Å². The van der Waals surface area contributed by atoms with Crippen molar-refractivity contribution >= 4 is 12.1 Å². The van der Waals surface area contributed by atoms with E-state index in [1.165, 1.54) is 6.21 Å². The fourth-order valence-corrected chi connectivity index (χ4v) is 1.37. The summed E-state index contributed by atoms with van der Waals surface area (Å²) in [5.41, 5.74) is -0.398. The first kappa shape index (κ1) is 13.3. The van der Waals surface area contributed by atoms with Gasteiger partial charge in [-0.15, -0.1) is 0 Å². The molecule has 0 aliphatic carbocycles. The van der Waals surface area contributed by atoms with Gasteiger partial charge in [-0.2, -0.15) is 9.65 Å². The summed E-state index contributed by atoms with van der Waals surface area (Å²) in [6.45, 7) is 0. The third-order valence-electron chi connectivity index (χ3n) is 2.33. The third kappa shape index (κ3) is 3.00. The van der Waals surface area contributed by atoms with E-state index in [1.807, 2.05) is 11.1 Å². The summed E-state index contributed by atoms with van der Waals surface area (Å²) < 4.78 is 12.8. The second-order valence-electron chi connectivity index (χ2n) is 3.70. The molecular weight excluding hydrogens is 263 g/mol. The van der Waals surface area contributed by atoms with Crippen LogP contribution in [0.3, 0.4) is 0 Å². The number of halogens is 1. The summed E-state index contributed by atoms with van der Waals surface area (Å²) in [5.74, 6) is -1.92. The molecule has 0 saturated heterocycles. The number of nitrogens with zero attached hydrogens (tertiary/aromatic N) is 3. The molecule has 2 aromatic rings. The lowest BCUT2D eigenvalue weighted by Crippen LogP contribution is -2.19. The van der Waals surface area contributed by atoms with Crippen LogP contribution in [0.2, 0.25) is 0 Å². The molecule has 1 aromatic heterocycles. The van der Waals surface area contributed by atoms with Crippen molar-refractivity contribution in [2.75, 3.05) is 0 Å². The Bertz CT molecular complexity index is 772. The second-order valence-corrected chi connectivity index (χ2v) is 3.70. The fourth-order valence-electron chi connectivity index (χ4n) is 1.37. The van der Waals surface area contributed by atoms with Crippen LogP contribution >= 0.6 is 0 Å². The predicted octanol–water partition coefficient (Wildman–Crippen LogP) is 1.04. The van der Waals surface area contributed by atoms with Gasteiger partial charge >= 0.3 is 5.91 Å². The molecule has 6 nitrogen and oxygen atoms in total. The minimum Gasteiger partial charge on any atom is -0.323 e. The number of aliphatic imine (C=N–C) groups is 1. The summed E-state index contributed by atoms with van der Waals surface area (Å²) in [6, 6.07) is 8.22. The number of nitrogens with one attached hydrogen (secondary N) is 1. The first-order chi connectivity index (χ1) is 9.60. The highest BCUT2D eigenvalue weighted by atomic mass is 19.1. The van der Waals surface area contributed by atoms with Crippen LogP contribution < -0.4 is 5.56 Å². The molecule has 0 unspecified atom stereocenters. The fraction of sp³-hybridized carbons (Fsp3) is 0. The molecule has 1 heterocycles. The van der Waals surface area contributed by atoms with Crippen LogP contribution in [-0.4, -0.2) is 22.1 Å². The minimum atomic E-state index is -0.971. The monoisotopic (exact) mass is 270 g/mol. The molecule has 0 spiro atoms. The first-order valence-electron chi connectivity index (χ1n) is 5.44. The SMILES string of the molecule is N#Cc1ccc(C=NC(=O)c2nc(F)c[nH]c2=O)cc1. The van der Waals surface area contributed by atoms with Crippen LogP contribution in [0.5, 0.6) is 0 Å². The number of rotatable bonds is 2. The maximum atomic E-state index is 12.8. The van der Waals surface area contributed by atoms with Gasteiger partial charge in [-0.1, -0.05) is 12.1 Å². The van der Waals surface area contributed by atoms with E-state index in [1.54, 1.807) is 24.3 Å². The van der Waals surface area contributed by atoms with Gasteiger partial charge in [0, 0.05) is 6.21 Å². The van der Waals surface area contributed by atoms with E-state index < -0.39 is 23.1 Å². The van der Waals surface area contributed by atoms with Crippen molar-refractivity contribution in [1.82, 2.24) is 9.97 Å². The minimum absolute atomic E-state index is 0.469.